The zero-order valence-electron chi connectivity index (χ0n) is 12.5. The number of carbonyl (C=O) groups excluding carboxylic acids is 1. The molecule has 1 saturated heterocycles. The molecule has 3 rings (SSSR count). The third-order valence-electron chi connectivity index (χ3n) is 4.32. The number of hydrogen-bond acceptors (Lipinski definition) is 3. The molecular weight excluding hydrogens is 308 g/mol. The van der Waals surface area contributed by atoms with E-state index < -0.39 is 23.7 Å². The summed E-state index contributed by atoms with van der Waals surface area (Å²) in [6.45, 7) is 2.02. The summed E-state index contributed by atoms with van der Waals surface area (Å²) < 4.78 is 32.0. The van der Waals surface area contributed by atoms with Crippen LogP contribution in [0.1, 0.15) is 24.8 Å². The van der Waals surface area contributed by atoms with Crippen LogP contribution in [0.5, 0.6) is 0 Å². The Kier molecular flexibility index (Phi) is 4.06. The van der Waals surface area contributed by atoms with Crippen LogP contribution >= 0.6 is 0 Å². The van der Waals surface area contributed by atoms with Crippen molar-refractivity contribution in [3.63, 3.8) is 0 Å². The Morgan fingerprint density at radius 1 is 1.30 bits per heavy atom. The van der Waals surface area contributed by atoms with E-state index in [1.165, 1.54) is 17.0 Å². The van der Waals surface area contributed by atoms with Crippen molar-refractivity contribution in [2.24, 2.45) is 5.92 Å². The first-order chi connectivity index (χ1) is 10.9. The SMILES string of the molecule is C[C@@H]1CN(C(=O)C2CC2c2ccc(F)cc2F)CC(C(=O)O)O1. The maximum absolute atomic E-state index is 13.8. The number of amides is 1. The molecule has 1 aromatic carbocycles. The van der Waals surface area contributed by atoms with Crippen LogP contribution in [-0.2, 0) is 14.3 Å². The molecule has 1 saturated carbocycles. The van der Waals surface area contributed by atoms with Crippen LogP contribution in [0, 0.1) is 17.6 Å². The first-order valence-electron chi connectivity index (χ1n) is 7.49. The maximum atomic E-state index is 13.8. The first kappa shape index (κ1) is 15.9. The number of nitrogens with zero attached hydrogens (tertiary/aromatic N) is 1. The van der Waals surface area contributed by atoms with Gasteiger partial charge in [0.25, 0.3) is 0 Å². The molecular formula is C16H17F2NO4. The monoisotopic (exact) mass is 325 g/mol. The average molecular weight is 325 g/mol. The van der Waals surface area contributed by atoms with Gasteiger partial charge in [0.05, 0.1) is 12.6 Å². The van der Waals surface area contributed by atoms with E-state index in [2.05, 4.69) is 0 Å². The van der Waals surface area contributed by atoms with Crippen molar-refractivity contribution in [1.29, 1.82) is 0 Å². The Balaban J connectivity index is 1.69. The van der Waals surface area contributed by atoms with Gasteiger partial charge in [0.15, 0.2) is 6.10 Å². The number of hydrogen-bond donors (Lipinski definition) is 1. The van der Waals surface area contributed by atoms with Crippen molar-refractivity contribution in [2.45, 2.75) is 31.5 Å². The van der Waals surface area contributed by atoms with Gasteiger partial charge in [-0.05, 0) is 30.9 Å². The van der Waals surface area contributed by atoms with E-state index >= 15 is 0 Å². The van der Waals surface area contributed by atoms with E-state index in [0.717, 1.165) is 6.07 Å². The van der Waals surface area contributed by atoms with Crippen molar-refractivity contribution in [3.05, 3.63) is 35.4 Å². The van der Waals surface area contributed by atoms with Gasteiger partial charge >= 0.3 is 5.97 Å². The Labute approximate surface area is 131 Å². The molecule has 1 heterocycles. The van der Waals surface area contributed by atoms with E-state index in [1.807, 2.05) is 0 Å². The van der Waals surface area contributed by atoms with E-state index in [1.54, 1.807) is 6.92 Å². The number of morpholine rings is 1. The van der Waals surface area contributed by atoms with Gasteiger partial charge in [0.1, 0.15) is 11.6 Å². The molecule has 3 unspecified atom stereocenters. The molecule has 0 aromatic heterocycles. The molecule has 1 aromatic rings. The Morgan fingerprint density at radius 3 is 2.70 bits per heavy atom. The van der Waals surface area contributed by atoms with E-state index in [9.17, 15) is 18.4 Å². The van der Waals surface area contributed by atoms with Crippen LogP contribution in [0.4, 0.5) is 8.78 Å². The summed E-state index contributed by atoms with van der Waals surface area (Å²) in [5.41, 5.74) is 0.334. The third kappa shape index (κ3) is 3.19. The van der Waals surface area contributed by atoms with Crippen LogP contribution in [0.15, 0.2) is 18.2 Å². The highest BCUT2D eigenvalue weighted by atomic mass is 19.1. The number of benzene rings is 1. The highest BCUT2D eigenvalue weighted by molar-refractivity contribution is 5.84. The smallest absolute Gasteiger partial charge is 0.334 e. The number of rotatable bonds is 3. The summed E-state index contributed by atoms with van der Waals surface area (Å²) in [7, 11) is 0. The van der Waals surface area contributed by atoms with E-state index in [-0.39, 0.29) is 30.4 Å². The third-order valence-corrected chi connectivity index (χ3v) is 4.32. The molecule has 124 valence electrons. The minimum atomic E-state index is -1.11. The molecule has 23 heavy (non-hydrogen) atoms. The Bertz CT molecular complexity index is 651. The highest BCUT2D eigenvalue weighted by Crippen LogP contribution is 2.49. The summed E-state index contributed by atoms with van der Waals surface area (Å²) >= 11 is 0. The zero-order valence-corrected chi connectivity index (χ0v) is 12.5. The summed E-state index contributed by atoms with van der Waals surface area (Å²) in [6.07, 6.45) is -0.916. The molecule has 2 fully saturated rings. The van der Waals surface area contributed by atoms with Crippen molar-refractivity contribution < 1.29 is 28.2 Å². The van der Waals surface area contributed by atoms with Gasteiger partial charge in [-0.25, -0.2) is 13.6 Å². The van der Waals surface area contributed by atoms with E-state index in [0.29, 0.717) is 18.5 Å². The molecule has 1 N–H and O–H groups in total. The van der Waals surface area contributed by atoms with Gasteiger partial charge in [-0.1, -0.05) is 6.07 Å². The molecule has 7 heteroatoms. The molecule has 4 atom stereocenters. The zero-order chi connectivity index (χ0) is 16.7. The van der Waals surface area contributed by atoms with Crippen LogP contribution in [-0.4, -0.2) is 47.2 Å². The van der Waals surface area contributed by atoms with Gasteiger partial charge in [0, 0.05) is 18.5 Å². The second-order valence-electron chi connectivity index (χ2n) is 6.13. The lowest BCUT2D eigenvalue weighted by molar-refractivity contribution is -0.167. The summed E-state index contributed by atoms with van der Waals surface area (Å²) in [4.78, 5) is 25.1. The molecule has 0 bridgehead atoms. The fourth-order valence-electron chi connectivity index (χ4n) is 3.12. The molecule has 0 spiro atoms. The van der Waals surface area contributed by atoms with Crippen molar-refractivity contribution in [1.82, 2.24) is 4.90 Å². The molecule has 1 aliphatic carbocycles. The number of carbonyl (C=O) groups is 2. The summed E-state index contributed by atoms with van der Waals surface area (Å²) in [5.74, 6) is -3.25. The van der Waals surface area contributed by atoms with Crippen molar-refractivity contribution in [2.75, 3.05) is 13.1 Å². The van der Waals surface area contributed by atoms with Crippen LogP contribution in [0.3, 0.4) is 0 Å². The van der Waals surface area contributed by atoms with Gasteiger partial charge in [-0.15, -0.1) is 0 Å². The number of carboxylic acids is 1. The number of carboxylic acid groups (broad SMARTS) is 1. The minimum absolute atomic E-state index is 0.00632. The lowest BCUT2D eigenvalue weighted by Gasteiger charge is -2.35. The number of ether oxygens (including phenoxy) is 1. The van der Waals surface area contributed by atoms with Gasteiger partial charge < -0.3 is 14.7 Å². The lowest BCUT2D eigenvalue weighted by atomic mass is 10.1. The Morgan fingerprint density at radius 2 is 2.04 bits per heavy atom. The lowest BCUT2D eigenvalue weighted by Crippen LogP contribution is -2.52. The molecule has 1 amide bonds. The minimum Gasteiger partial charge on any atom is -0.479 e. The predicted octanol–water partition coefficient (Wildman–Crippen LogP) is 1.77. The maximum Gasteiger partial charge on any atom is 0.334 e. The molecule has 5 nitrogen and oxygen atoms in total. The summed E-state index contributed by atoms with van der Waals surface area (Å²) in [5, 5.41) is 9.05. The van der Waals surface area contributed by atoms with Crippen LogP contribution in [0.2, 0.25) is 0 Å². The van der Waals surface area contributed by atoms with Gasteiger partial charge in [-0.2, -0.15) is 0 Å². The second-order valence-corrected chi connectivity index (χ2v) is 6.13. The van der Waals surface area contributed by atoms with Crippen molar-refractivity contribution >= 4 is 11.9 Å². The molecule has 2 aliphatic rings. The highest BCUT2D eigenvalue weighted by Gasteiger charge is 2.48. The second kappa shape index (κ2) is 5.88. The van der Waals surface area contributed by atoms with Gasteiger partial charge in [0.2, 0.25) is 5.91 Å². The number of halogens is 2. The topological polar surface area (TPSA) is 66.8 Å². The first-order valence-corrected chi connectivity index (χ1v) is 7.49. The fraction of sp³-hybridized carbons (Fsp3) is 0.500. The quantitative estimate of drug-likeness (QED) is 0.920. The Hall–Kier alpha value is -2.02. The molecule has 1 aliphatic heterocycles. The molecule has 0 radical (unpaired) electrons. The van der Waals surface area contributed by atoms with Crippen LogP contribution < -0.4 is 0 Å². The largest absolute Gasteiger partial charge is 0.479 e. The van der Waals surface area contributed by atoms with Crippen molar-refractivity contribution in [3.8, 4) is 0 Å². The normalized spacial score (nSPS) is 30.1. The standard InChI is InChI=1S/C16H17F2NO4/c1-8-6-19(7-14(23-8)16(21)22)15(20)12-5-11(12)10-3-2-9(17)4-13(10)18/h2-4,8,11-12,14H,5-7H2,1H3,(H,21,22)/t8-,11?,12?,14?/m1/s1. The van der Waals surface area contributed by atoms with Crippen LogP contribution in [0.25, 0.3) is 0 Å². The summed E-state index contributed by atoms with van der Waals surface area (Å²) in [6, 6.07) is 3.35. The van der Waals surface area contributed by atoms with E-state index in [4.69, 9.17) is 9.84 Å². The average Bonchev–Trinajstić information content (AvgIpc) is 3.26. The van der Waals surface area contributed by atoms with Gasteiger partial charge in [-0.3, -0.25) is 4.79 Å². The fourth-order valence-corrected chi connectivity index (χ4v) is 3.12. The predicted molar refractivity (Wildman–Crippen MR) is 75.8 cm³/mol. The number of aliphatic carboxylic acids is 1.